The van der Waals surface area contributed by atoms with E-state index in [4.69, 9.17) is 0 Å². The lowest BCUT2D eigenvalue weighted by molar-refractivity contribution is 0.0932. The van der Waals surface area contributed by atoms with Gasteiger partial charge in [0.1, 0.15) is 4.88 Å². The molecule has 1 fully saturated rings. The lowest BCUT2D eigenvalue weighted by Crippen LogP contribution is -2.37. The first-order valence-electron chi connectivity index (χ1n) is 4.98. The number of amides is 1. The highest BCUT2D eigenvalue weighted by Crippen LogP contribution is 2.24. The van der Waals surface area contributed by atoms with Gasteiger partial charge in [0, 0.05) is 10.9 Å². The summed E-state index contributed by atoms with van der Waals surface area (Å²) in [7, 11) is 0. The number of rotatable bonds is 2. The minimum Gasteiger partial charge on any atom is -0.349 e. The summed E-state index contributed by atoms with van der Waals surface area (Å²) in [5.74, 6) is -0.0389. The van der Waals surface area contributed by atoms with Crippen molar-refractivity contribution in [2.45, 2.75) is 36.6 Å². The lowest BCUT2D eigenvalue weighted by Gasteiger charge is -2.25. The summed E-state index contributed by atoms with van der Waals surface area (Å²) in [6.45, 7) is 0. The van der Waals surface area contributed by atoms with Gasteiger partial charge in [0.05, 0.1) is 6.20 Å². The molecular formula is C9H12BrN3OS. The van der Waals surface area contributed by atoms with Crippen molar-refractivity contribution in [3.8, 4) is 0 Å². The van der Waals surface area contributed by atoms with E-state index in [1.807, 2.05) is 0 Å². The molecule has 82 valence electrons. The summed E-state index contributed by atoms with van der Waals surface area (Å²) >= 11 is 4.73. The zero-order valence-electron chi connectivity index (χ0n) is 8.15. The average Bonchev–Trinajstić information content (AvgIpc) is 2.74. The predicted molar refractivity (Wildman–Crippen MR) is 62.3 cm³/mol. The van der Waals surface area contributed by atoms with E-state index in [1.165, 1.54) is 6.20 Å². The van der Waals surface area contributed by atoms with E-state index in [0.717, 1.165) is 37.2 Å². The Morgan fingerprint density at radius 1 is 1.47 bits per heavy atom. The Hall–Kier alpha value is -0.490. The van der Waals surface area contributed by atoms with E-state index < -0.39 is 0 Å². The molecule has 1 aromatic rings. The Morgan fingerprint density at radius 3 is 2.80 bits per heavy atom. The smallest absolute Gasteiger partial charge is 0.264 e. The minimum atomic E-state index is -0.0389. The average molecular weight is 290 g/mol. The van der Waals surface area contributed by atoms with Crippen LogP contribution in [0, 0.1) is 0 Å². The number of halogens is 1. The van der Waals surface area contributed by atoms with Gasteiger partial charge in [0.25, 0.3) is 5.91 Å². The second-order valence-corrected chi connectivity index (χ2v) is 5.78. The Kier molecular flexibility index (Phi) is 3.69. The van der Waals surface area contributed by atoms with Crippen molar-refractivity contribution in [3.05, 3.63) is 11.1 Å². The maximum atomic E-state index is 11.7. The number of hydrogen-bond donors (Lipinski definition) is 1. The number of hydrogen-bond acceptors (Lipinski definition) is 4. The van der Waals surface area contributed by atoms with Gasteiger partial charge in [0.2, 0.25) is 0 Å². The standard InChI is InChI=1S/C9H12BrN3OS/c10-6-1-3-7(4-2-6)12-9(14)8-5-11-13-15-8/h5-7H,1-4H2,(H,12,14). The molecule has 0 atom stereocenters. The third-order valence-electron chi connectivity index (χ3n) is 2.58. The number of carbonyl (C=O) groups excluding carboxylic acids is 1. The molecule has 0 radical (unpaired) electrons. The quantitative estimate of drug-likeness (QED) is 0.847. The molecule has 0 aromatic carbocycles. The molecule has 0 saturated heterocycles. The number of nitrogens with zero attached hydrogens (tertiary/aromatic N) is 2. The predicted octanol–water partition coefficient (Wildman–Crippen LogP) is 1.97. The van der Waals surface area contributed by atoms with E-state index in [0.29, 0.717) is 15.7 Å². The molecule has 1 aliphatic rings. The highest BCUT2D eigenvalue weighted by atomic mass is 79.9. The van der Waals surface area contributed by atoms with Gasteiger partial charge in [-0.05, 0) is 37.2 Å². The van der Waals surface area contributed by atoms with Crippen LogP contribution in [0.2, 0.25) is 0 Å². The van der Waals surface area contributed by atoms with Gasteiger partial charge in [-0.3, -0.25) is 4.79 Å². The first-order chi connectivity index (χ1) is 7.25. The monoisotopic (exact) mass is 289 g/mol. The number of carbonyl (C=O) groups is 1. The van der Waals surface area contributed by atoms with Gasteiger partial charge >= 0.3 is 0 Å². The molecule has 0 unspecified atom stereocenters. The van der Waals surface area contributed by atoms with Crippen molar-refractivity contribution in [1.29, 1.82) is 0 Å². The first kappa shape index (κ1) is 11.0. The summed E-state index contributed by atoms with van der Waals surface area (Å²) in [4.78, 5) is 12.9. The van der Waals surface area contributed by atoms with Crippen LogP contribution < -0.4 is 5.32 Å². The van der Waals surface area contributed by atoms with Crippen molar-refractivity contribution in [2.75, 3.05) is 0 Å². The molecule has 1 amide bonds. The molecule has 15 heavy (non-hydrogen) atoms. The Bertz CT molecular complexity index is 322. The topological polar surface area (TPSA) is 54.9 Å². The summed E-state index contributed by atoms with van der Waals surface area (Å²) in [6, 6.07) is 0.313. The van der Waals surface area contributed by atoms with Gasteiger partial charge in [-0.25, -0.2) is 0 Å². The Labute approximate surface area is 101 Å². The summed E-state index contributed by atoms with van der Waals surface area (Å²) in [6.07, 6.45) is 5.87. The van der Waals surface area contributed by atoms with Crippen molar-refractivity contribution < 1.29 is 4.79 Å². The van der Waals surface area contributed by atoms with E-state index in [9.17, 15) is 4.79 Å². The minimum absolute atomic E-state index is 0.0389. The molecule has 0 aliphatic heterocycles. The molecular weight excluding hydrogens is 278 g/mol. The molecule has 1 aromatic heterocycles. The molecule has 4 nitrogen and oxygen atoms in total. The number of alkyl halides is 1. The third-order valence-corrected chi connectivity index (χ3v) is 4.16. The van der Waals surface area contributed by atoms with Crippen molar-refractivity contribution in [3.63, 3.8) is 0 Å². The first-order valence-corrected chi connectivity index (χ1v) is 6.67. The molecule has 0 spiro atoms. The van der Waals surface area contributed by atoms with Crippen LogP contribution in [-0.2, 0) is 0 Å². The zero-order valence-corrected chi connectivity index (χ0v) is 10.6. The fraction of sp³-hybridized carbons (Fsp3) is 0.667. The van der Waals surface area contributed by atoms with Crippen LogP contribution in [0.5, 0.6) is 0 Å². The van der Waals surface area contributed by atoms with Crippen LogP contribution in [-0.4, -0.2) is 26.4 Å². The van der Waals surface area contributed by atoms with Gasteiger partial charge in [0.15, 0.2) is 0 Å². The maximum Gasteiger partial charge on any atom is 0.264 e. The summed E-state index contributed by atoms with van der Waals surface area (Å²) in [5.41, 5.74) is 0. The SMILES string of the molecule is O=C(NC1CCC(Br)CC1)c1cnns1. The molecule has 6 heteroatoms. The maximum absolute atomic E-state index is 11.7. The largest absolute Gasteiger partial charge is 0.349 e. The van der Waals surface area contributed by atoms with Crippen LogP contribution >= 0.6 is 27.5 Å². The molecule has 2 rings (SSSR count). The Morgan fingerprint density at radius 2 is 2.20 bits per heavy atom. The second kappa shape index (κ2) is 5.03. The summed E-state index contributed by atoms with van der Waals surface area (Å²) < 4.78 is 3.67. The van der Waals surface area contributed by atoms with Gasteiger partial charge in [-0.2, -0.15) is 0 Å². The van der Waals surface area contributed by atoms with E-state index in [2.05, 4.69) is 30.8 Å². The zero-order chi connectivity index (χ0) is 10.7. The van der Waals surface area contributed by atoms with Gasteiger partial charge < -0.3 is 5.32 Å². The van der Waals surface area contributed by atoms with E-state index in [-0.39, 0.29) is 5.91 Å². The molecule has 1 aliphatic carbocycles. The lowest BCUT2D eigenvalue weighted by atomic mass is 9.95. The highest BCUT2D eigenvalue weighted by molar-refractivity contribution is 9.09. The number of nitrogens with one attached hydrogen (secondary N) is 1. The van der Waals surface area contributed by atoms with Crippen LogP contribution in [0.1, 0.15) is 35.4 Å². The fourth-order valence-corrected chi connectivity index (χ4v) is 2.67. The van der Waals surface area contributed by atoms with Crippen molar-refractivity contribution in [1.82, 2.24) is 14.9 Å². The highest BCUT2D eigenvalue weighted by Gasteiger charge is 2.21. The van der Waals surface area contributed by atoms with E-state index in [1.54, 1.807) is 0 Å². The Balaban J connectivity index is 1.85. The van der Waals surface area contributed by atoms with Crippen molar-refractivity contribution in [2.24, 2.45) is 0 Å². The van der Waals surface area contributed by atoms with Crippen LogP contribution in [0.3, 0.4) is 0 Å². The summed E-state index contributed by atoms with van der Waals surface area (Å²) in [5, 5.41) is 6.66. The van der Waals surface area contributed by atoms with Crippen LogP contribution in [0.25, 0.3) is 0 Å². The van der Waals surface area contributed by atoms with Crippen LogP contribution in [0.15, 0.2) is 6.20 Å². The third kappa shape index (κ3) is 2.98. The molecule has 0 bridgehead atoms. The van der Waals surface area contributed by atoms with Gasteiger partial charge in [-0.15, -0.1) is 5.10 Å². The second-order valence-electron chi connectivity index (χ2n) is 3.70. The molecule has 1 heterocycles. The fourth-order valence-electron chi connectivity index (χ4n) is 1.72. The number of aromatic nitrogens is 2. The van der Waals surface area contributed by atoms with E-state index >= 15 is 0 Å². The van der Waals surface area contributed by atoms with Gasteiger partial charge in [-0.1, -0.05) is 20.4 Å². The molecule has 1 saturated carbocycles. The normalized spacial score (nSPS) is 26.2. The van der Waals surface area contributed by atoms with Crippen molar-refractivity contribution >= 4 is 33.4 Å². The van der Waals surface area contributed by atoms with Crippen LogP contribution in [0.4, 0.5) is 0 Å². The molecule has 1 N–H and O–H groups in total.